The number of aromatic nitrogens is 2. The molecule has 0 unspecified atom stereocenters. The Kier molecular flexibility index (Phi) is 8.74. The predicted molar refractivity (Wildman–Crippen MR) is 98.9 cm³/mol. The average Bonchev–Trinajstić information content (AvgIpc) is 3.01. The van der Waals surface area contributed by atoms with Crippen molar-refractivity contribution in [2.45, 2.75) is 32.4 Å². The van der Waals surface area contributed by atoms with Gasteiger partial charge in [0.25, 0.3) is 0 Å². The summed E-state index contributed by atoms with van der Waals surface area (Å²) >= 11 is 0. The summed E-state index contributed by atoms with van der Waals surface area (Å²) < 4.78 is 6.81. The van der Waals surface area contributed by atoms with Gasteiger partial charge in [0, 0.05) is 31.5 Å². The normalized spacial score (nSPS) is 15.9. The highest BCUT2D eigenvalue weighted by molar-refractivity contribution is 14.0. The quantitative estimate of drug-likeness (QED) is 0.408. The molecule has 0 aliphatic carbocycles. The summed E-state index contributed by atoms with van der Waals surface area (Å²) in [6.07, 6.45) is 5.08. The molecule has 1 aliphatic heterocycles. The number of aliphatic imine (C=N–C) groups is 1. The molecule has 2 heterocycles. The topological polar surface area (TPSA) is 97.8 Å². The Labute approximate surface area is 153 Å². The minimum absolute atomic E-state index is 0. The minimum atomic E-state index is -0.234. The number of guanidine groups is 1. The number of piperidine rings is 1. The van der Waals surface area contributed by atoms with Crippen LogP contribution in [0.1, 0.15) is 19.8 Å². The van der Waals surface area contributed by atoms with E-state index in [-0.39, 0.29) is 36.1 Å². The lowest BCUT2D eigenvalue weighted by Crippen LogP contribution is -2.48. The molecule has 3 N–H and O–H groups in total. The summed E-state index contributed by atoms with van der Waals surface area (Å²) in [5, 5.41) is 7.32. The first-order chi connectivity index (χ1) is 10.7. The van der Waals surface area contributed by atoms with Gasteiger partial charge in [-0.05, 0) is 25.8 Å². The monoisotopic (exact) mass is 436 g/mol. The molecule has 8 nitrogen and oxygen atoms in total. The van der Waals surface area contributed by atoms with Crippen LogP contribution in [0, 0.1) is 0 Å². The van der Waals surface area contributed by atoms with E-state index in [0.717, 1.165) is 12.8 Å². The van der Waals surface area contributed by atoms with E-state index in [1.165, 1.54) is 0 Å². The van der Waals surface area contributed by atoms with Gasteiger partial charge in [-0.3, -0.25) is 9.67 Å². The molecule has 1 amide bonds. The van der Waals surface area contributed by atoms with Crippen molar-refractivity contribution < 1.29 is 9.53 Å². The van der Waals surface area contributed by atoms with E-state index < -0.39 is 0 Å². The fraction of sp³-hybridized carbons (Fsp3) is 0.643. The standard InChI is InChI=1S/C14H24N6O2.HI/c1-2-22-14(21)19-9-4-12(5-10-19)18-13(15)16-7-11-20-8-3-6-17-20;/h3,6,8,12H,2,4-5,7,9-11H2,1H3,(H3,15,16,18);1H. The van der Waals surface area contributed by atoms with Crippen LogP contribution in [-0.2, 0) is 11.3 Å². The van der Waals surface area contributed by atoms with Gasteiger partial charge in [-0.2, -0.15) is 5.10 Å². The van der Waals surface area contributed by atoms with Gasteiger partial charge in [-0.1, -0.05) is 0 Å². The van der Waals surface area contributed by atoms with Crippen LogP contribution in [0.4, 0.5) is 4.79 Å². The Hall–Kier alpha value is -1.52. The summed E-state index contributed by atoms with van der Waals surface area (Å²) in [6.45, 7) is 4.87. The van der Waals surface area contributed by atoms with Gasteiger partial charge in [0.05, 0.1) is 19.7 Å². The lowest BCUT2D eigenvalue weighted by molar-refractivity contribution is 0.0963. The molecule has 0 aromatic carbocycles. The summed E-state index contributed by atoms with van der Waals surface area (Å²) in [6, 6.07) is 2.13. The smallest absolute Gasteiger partial charge is 0.409 e. The number of nitrogens with two attached hydrogens (primary N) is 1. The van der Waals surface area contributed by atoms with E-state index in [9.17, 15) is 4.79 Å². The van der Waals surface area contributed by atoms with Crippen LogP contribution in [0.15, 0.2) is 23.5 Å². The fourth-order valence-electron chi connectivity index (χ4n) is 2.38. The minimum Gasteiger partial charge on any atom is -0.450 e. The molecule has 1 aromatic rings. The Bertz CT molecular complexity index is 485. The third kappa shape index (κ3) is 6.63. The van der Waals surface area contributed by atoms with Crippen molar-refractivity contribution in [3.05, 3.63) is 18.5 Å². The van der Waals surface area contributed by atoms with Gasteiger partial charge in [0.2, 0.25) is 0 Å². The van der Waals surface area contributed by atoms with E-state index in [1.807, 2.05) is 23.9 Å². The van der Waals surface area contributed by atoms with E-state index >= 15 is 0 Å². The van der Waals surface area contributed by atoms with Crippen molar-refractivity contribution in [1.29, 1.82) is 0 Å². The fourth-order valence-corrected chi connectivity index (χ4v) is 2.38. The molecule has 0 saturated carbocycles. The van der Waals surface area contributed by atoms with Crippen molar-refractivity contribution in [1.82, 2.24) is 20.0 Å². The number of rotatable bonds is 5. The molecule has 0 bridgehead atoms. The largest absolute Gasteiger partial charge is 0.450 e. The van der Waals surface area contributed by atoms with Crippen LogP contribution in [-0.4, -0.2) is 59.0 Å². The molecular formula is C14H25IN6O2. The first-order valence-electron chi connectivity index (χ1n) is 7.64. The maximum atomic E-state index is 11.6. The Morgan fingerprint density at radius 2 is 2.22 bits per heavy atom. The SMILES string of the molecule is CCOC(=O)N1CCC(NC(N)=NCCn2cccn2)CC1.I. The van der Waals surface area contributed by atoms with E-state index in [1.54, 1.807) is 11.1 Å². The number of amides is 1. The number of carbonyl (C=O) groups excluding carboxylic acids is 1. The van der Waals surface area contributed by atoms with Crippen molar-refractivity contribution in [3.63, 3.8) is 0 Å². The van der Waals surface area contributed by atoms with E-state index in [0.29, 0.717) is 38.7 Å². The highest BCUT2D eigenvalue weighted by Gasteiger charge is 2.23. The van der Waals surface area contributed by atoms with Crippen LogP contribution < -0.4 is 11.1 Å². The van der Waals surface area contributed by atoms with Crippen LogP contribution in [0.25, 0.3) is 0 Å². The third-order valence-electron chi connectivity index (χ3n) is 3.54. The molecule has 0 atom stereocenters. The van der Waals surface area contributed by atoms with Gasteiger partial charge < -0.3 is 20.7 Å². The molecule has 2 rings (SSSR count). The molecule has 0 radical (unpaired) electrons. The molecule has 1 fully saturated rings. The molecule has 1 aliphatic rings. The summed E-state index contributed by atoms with van der Waals surface area (Å²) in [5.41, 5.74) is 5.89. The summed E-state index contributed by atoms with van der Waals surface area (Å²) in [5.74, 6) is 0.446. The second-order valence-corrected chi connectivity index (χ2v) is 5.14. The first-order valence-corrected chi connectivity index (χ1v) is 7.64. The zero-order valence-corrected chi connectivity index (χ0v) is 15.7. The number of carbonyl (C=O) groups is 1. The van der Waals surface area contributed by atoms with Crippen molar-refractivity contribution in [2.24, 2.45) is 10.7 Å². The molecule has 1 aromatic heterocycles. The molecule has 9 heteroatoms. The van der Waals surface area contributed by atoms with Crippen molar-refractivity contribution >= 4 is 36.0 Å². The lowest BCUT2D eigenvalue weighted by atomic mass is 10.1. The Morgan fingerprint density at radius 3 is 2.83 bits per heavy atom. The van der Waals surface area contributed by atoms with Crippen molar-refractivity contribution in [2.75, 3.05) is 26.2 Å². The Balaban J connectivity index is 0.00000264. The highest BCUT2D eigenvalue weighted by atomic mass is 127. The molecule has 0 spiro atoms. The summed E-state index contributed by atoms with van der Waals surface area (Å²) in [4.78, 5) is 17.6. The van der Waals surface area contributed by atoms with E-state index in [2.05, 4.69) is 15.4 Å². The molecule has 130 valence electrons. The first kappa shape index (κ1) is 19.5. The highest BCUT2D eigenvalue weighted by Crippen LogP contribution is 2.11. The van der Waals surface area contributed by atoms with Gasteiger partial charge in [-0.15, -0.1) is 24.0 Å². The van der Waals surface area contributed by atoms with Crippen LogP contribution >= 0.6 is 24.0 Å². The van der Waals surface area contributed by atoms with Gasteiger partial charge >= 0.3 is 6.09 Å². The predicted octanol–water partition coefficient (Wildman–Crippen LogP) is 1.03. The number of ether oxygens (including phenoxy) is 1. The summed E-state index contributed by atoms with van der Waals surface area (Å²) in [7, 11) is 0. The second kappa shape index (κ2) is 10.3. The number of hydrogen-bond acceptors (Lipinski definition) is 4. The zero-order chi connectivity index (χ0) is 15.8. The number of nitrogens with zero attached hydrogens (tertiary/aromatic N) is 4. The number of hydrogen-bond donors (Lipinski definition) is 2. The molecular weight excluding hydrogens is 411 g/mol. The zero-order valence-electron chi connectivity index (χ0n) is 13.4. The number of nitrogens with one attached hydrogen (secondary N) is 1. The van der Waals surface area contributed by atoms with E-state index in [4.69, 9.17) is 10.5 Å². The van der Waals surface area contributed by atoms with Crippen molar-refractivity contribution in [3.8, 4) is 0 Å². The van der Waals surface area contributed by atoms with Crippen LogP contribution in [0.3, 0.4) is 0 Å². The average molecular weight is 436 g/mol. The number of halogens is 1. The van der Waals surface area contributed by atoms with Gasteiger partial charge in [-0.25, -0.2) is 4.79 Å². The maximum Gasteiger partial charge on any atom is 0.409 e. The maximum absolute atomic E-state index is 11.6. The Morgan fingerprint density at radius 1 is 1.48 bits per heavy atom. The van der Waals surface area contributed by atoms with Gasteiger partial charge in [0.1, 0.15) is 0 Å². The molecule has 1 saturated heterocycles. The third-order valence-corrected chi connectivity index (χ3v) is 3.54. The van der Waals surface area contributed by atoms with Crippen LogP contribution in [0.5, 0.6) is 0 Å². The number of likely N-dealkylation sites (tertiary alicyclic amines) is 1. The van der Waals surface area contributed by atoms with Gasteiger partial charge in [0.15, 0.2) is 5.96 Å². The second-order valence-electron chi connectivity index (χ2n) is 5.14. The van der Waals surface area contributed by atoms with Crippen LogP contribution in [0.2, 0.25) is 0 Å². The lowest BCUT2D eigenvalue weighted by Gasteiger charge is -2.31. The molecule has 23 heavy (non-hydrogen) atoms.